The fourth-order valence-electron chi connectivity index (χ4n) is 2.11. The van der Waals surface area contributed by atoms with Gasteiger partial charge in [0.05, 0.1) is 0 Å². The number of aryl methyl sites for hydroxylation is 2. The summed E-state index contributed by atoms with van der Waals surface area (Å²) in [5, 5.41) is 6.81. The smallest absolute Gasteiger partial charge is 0.0249 e. The Kier molecular flexibility index (Phi) is 5.16. The maximum absolute atomic E-state index is 3.59. The molecule has 0 fully saturated rings. The first kappa shape index (κ1) is 14.2. The third-order valence-electron chi connectivity index (χ3n) is 3.12. The summed E-state index contributed by atoms with van der Waals surface area (Å²) in [5.41, 5.74) is 4.36. The van der Waals surface area contributed by atoms with Crippen LogP contribution in [0.1, 0.15) is 30.5 Å². The average Bonchev–Trinajstić information content (AvgIpc) is 2.23. The van der Waals surface area contributed by atoms with Crippen LogP contribution in [-0.4, -0.2) is 25.7 Å². The van der Waals surface area contributed by atoms with E-state index in [1.165, 1.54) is 16.7 Å². The van der Waals surface area contributed by atoms with Gasteiger partial charge in [-0.3, -0.25) is 0 Å². The molecule has 0 unspecified atom stereocenters. The van der Waals surface area contributed by atoms with E-state index < -0.39 is 0 Å². The summed E-state index contributed by atoms with van der Waals surface area (Å²) in [6.45, 7) is 10.8. The first-order chi connectivity index (χ1) is 7.94. The van der Waals surface area contributed by atoms with E-state index in [1.807, 2.05) is 7.05 Å². The highest BCUT2D eigenvalue weighted by atomic mass is 15.0. The van der Waals surface area contributed by atoms with Crippen LogP contribution in [0.2, 0.25) is 0 Å². The molecule has 2 nitrogen and oxygen atoms in total. The monoisotopic (exact) mass is 234 g/mol. The Hall–Kier alpha value is -0.860. The van der Waals surface area contributed by atoms with Crippen molar-refractivity contribution in [3.8, 4) is 0 Å². The zero-order chi connectivity index (χ0) is 12.9. The lowest BCUT2D eigenvalue weighted by atomic mass is 10.0. The summed E-state index contributed by atoms with van der Waals surface area (Å²) in [5.74, 6) is 0. The van der Waals surface area contributed by atoms with E-state index in [-0.39, 0.29) is 5.54 Å². The summed E-state index contributed by atoms with van der Waals surface area (Å²) in [4.78, 5) is 0. The first-order valence-electron chi connectivity index (χ1n) is 6.40. The predicted octanol–water partition coefficient (Wildman–Crippen LogP) is 2.43. The van der Waals surface area contributed by atoms with Crippen molar-refractivity contribution in [1.82, 2.24) is 10.6 Å². The lowest BCUT2D eigenvalue weighted by Crippen LogP contribution is -2.47. The molecule has 0 saturated heterocycles. The van der Waals surface area contributed by atoms with Gasteiger partial charge in [-0.1, -0.05) is 23.8 Å². The van der Waals surface area contributed by atoms with Crippen molar-refractivity contribution in [3.63, 3.8) is 0 Å². The molecule has 1 rings (SSSR count). The Bertz CT molecular complexity index is 356. The Balaban J connectivity index is 2.48. The van der Waals surface area contributed by atoms with Crippen molar-refractivity contribution in [2.75, 3.05) is 20.1 Å². The van der Waals surface area contributed by atoms with Gasteiger partial charge in [0.2, 0.25) is 0 Å². The van der Waals surface area contributed by atoms with E-state index in [9.17, 15) is 0 Å². The SMILES string of the molecule is CNCC(C)(C)NCCc1cc(C)ccc1C. The fraction of sp³-hybridized carbons (Fsp3) is 0.600. The van der Waals surface area contributed by atoms with E-state index in [1.54, 1.807) is 0 Å². The summed E-state index contributed by atoms with van der Waals surface area (Å²) < 4.78 is 0. The molecule has 96 valence electrons. The summed E-state index contributed by atoms with van der Waals surface area (Å²) in [6.07, 6.45) is 1.10. The van der Waals surface area contributed by atoms with Gasteiger partial charge in [-0.05, 0) is 58.8 Å². The number of benzene rings is 1. The van der Waals surface area contributed by atoms with Crippen LogP contribution in [0.15, 0.2) is 18.2 Å². The number of rotatable bonds is 6. The average molecular weight is 234 g/mol. The molecule has 0 aliphatic heterocycles. The van der Waals surface area contributed by atoms with Crippen LogP contribution in [0.3, 0.4) is 0 Å². The van der Waals surface area contributed by atoms with Gasteiger partial charge in [0, 0.05) is 12.1 Å². The van der Waals surface area contributed by atoms with Gasteiger partial charge in [0.25, 0.3) is 0 Å². The van der Waals surface area contributed by atoms with Crippen molar-refractivity contribution in [1.29, 1.82) is 0 Å². The number of nitrogens with one attached hydrogen (secondary N) is 2. The fourth-order valence-corrected chi connectivity index (χ4v) is 2.11. The van der Waals surface area contributed by atoms with E-state index in [0.29, 0.717) is 0 Å². The van der Waals surface area contributed by atoms with Crippen LogP contribution in [0.5, 0.6) is 0 Å². The van der Waals surface area contributed by atoms with E-state index in [4.69, 9.17) is 0 Å². The van der Waals surface area contributed by atoms with Gasteiger partial charge in [0.1, 0.15) is 0 Å². The largest absolute Gasteiger partial charge is 0.318 e. The second-order valence-corrected chi connectivity index (χ2v) is 5.52. The summed E-state index contributed by atoms with van der Waals surface area (Å²) >= 11 is 0. The molecule has 2 heteroatoms. The van der Waals surface area contributed by atoms with Crippen LogP contribution in [0, 0.1) is 13.8 Å². The Morgan fingerprint density at radius 1 is 1.18 bits per heavy atom. The Morgan fingerprint density at radius 3 is 2.53 bits per heavy atom. The quantitative estimate of drug-likeness (QED) is 0.790. The molecule has 2 N–H and O–H groups in total. The minimum Gasteiger partial charge on any atom is -0.318 e. The standard InChI is InChI=1S/C15H26N2/c1-12-6-7-13(2)14(10-12)8-9-17-15(3,4)11-16-5/h6-7,10,16-17H,8-9,11H2,1-5H3. The highest BCUT2D eigenvalue weighted by Crippen LogP contribution is 2.11. The summed E-state index contributed by atoms with van der Waals surface area (Å²) in [7, 11) is 1.99. The first-order valence-corrected chi connectivity index (χ1v) is 6.40. The van der Waals surface area contributed by atoms with Crippen molar-refractivity contribution >= 4 is 0 Å². The number of hydrogen-bond acceptors (Lipinski definition) is 2. The van der Waals surface area contributed by atoms with E-state index in [2.05, 4.69) is 56.5 Å². The van der Waals surface area contributed by atoms with Crippen molar-refractivity contribution < 1.29 is 0 Å². The zero-order valence-corrected chi connectivity index (χ0v) is 11.9. The molecular weight excluding hydrogens is 208 g/mol. The molecule has 0 atom stereocenters. The third kappa shape index (κ3) is 4.88. The molecule has 17 heavy (non-hydrogen) atoms. The van der Waals surface area contributed by atoms with Gasteiger partial charge < -0.3 is 10.6 Å². The van der Waals surface area contributed by atoms with Gasteiger partial charge in [0.15, 0.2) is 0 Å². The molecule has 0 saturated carbocycles. The Labute approximate surface area is 106 Å². The maximum atomic E-state index is 3.59. The van der Waals surface area contributed by atoms with Gasteiger partial charge in [-0.2, -0.15) is 0 Å². The molecule has 0 aliphatic carbocycles. The highest BCUT2D eigenvalue weighted by molar-refractivity contribution is 5.30. The normalized spacial score (nSPS) is 11.8. The molecule has 0 radical (unpaired) electrons. The second-order valence-electron chi connectivity index (χ2n) is 5.52. The predicted molar refractivity (Wildman–Crippen MR) is 75.6 cm³/mol. The molecule has 0 aliphatic rings. The number of hydrogen-bond donors (Lipinski definition) is 2. The van der Waals surface area contributed by atoms with Crippen LogP contribution < -0.4 is 10.6 Å². The highest BCUT2D eigenvalue weighted by Gasteiger charge is 2.14. The van der Waals surface area contributed by atoms with Crippen LogP contribution >= 0.6 is 0 Å². The van der Waals surface area contributed by atoms with Gasteiger partial charge in [-0.15, -0.1) is 0 Å². The van der Waals surface area contributed by atoms with Crippen molar-refractivity contribution in [3.05, 3.63) is 34.9 Å². The van der Waals surface area contributed by atoms with Crippen LogP contribution in [0.4, 0.5) is 0 Å². The summed E-state index contributed by atoms with van der Waals surface area (Å²) in [6, 6.07) is 6.68. The van der Waals surface area contributed by atoms with Gasteiger partial charge in [-0.25, -0.2) is 0 Å². The lowest BCUT2D eigenvalue weighted by molar-refractivity contribution is 0.378. The van der Waals surface area contributed by atoms with E-state index >= 15 is 0 Å². The topological polar surface area (TPSA) is 24.1 Å². The van der Waals surface area contributed by atoms with Crippen LogP contribution in [-0.2, 0) is 6.42 Å². The molecule has 1 aromatic carbocycles. The zero-order valence-electron chi connectivity index (χ0n) is 11.9. The van der Waals surface area contributed by atoms with Crippen molar-refractivity contribution in [2.24, 2.45) is 0 Å². The molecular formula is C15H26N2. The Morgan fingerprint density at radius 2 is 1.88 bits per heavy atom. The third-order valence-corrected chi connectivity index (χ3v) is 3.12. The second kappa shape index (κ2) is 6.18. The van der Waals surface area contributed by atoms with Crippen molar-refractivity contribution in [2.45, 2.75) is 39.7 Å². The van der Waals surface area contributed by atoms with Crippen LogP contribution in [0.25, 0.3) is 0 Å². The number of likely N-dealkylation sites (N-methyl/N-ethyl adjacent to an activating group) is 1. The van der Waals surface area contributed by atoms with Gasteiger partial charge >= 0.3 is 0 Å². The minimum absolute atomic E-state index is 0.159. The molecule has 0 heterocycles. The molecule has 0 spiro atoms. The molecule has 0 aromatic heterocycles. The minimum atomic E-state index is 0.159. The lowest BCUT2D eigenvalue weighted by Gasteiger charge is -2.26. The molecule has 1 aromatic rings. The maximum Gasteiger partial charge on any atom is 0.0249 e. The van der Waals surface area contributed by atoms with E-state index in [0.717, 1.165) is 19.5 Å². The molecule has 0 bridgehead atoms. The molecule has 0 amide bonds.